The Bertz CT molecular complexity index is 760. The highest BCUT2D eigenvalue weighted by Gasteiger charge is 2.62. The molecule has 1 aromatic carbocycles. The van der Waals surface area contributed by atoms with Gasteiger partial charge in [0.15, 0.2) is 5.54 Å². The van der Waals surface area contributed by atoms with Gasteiger partial charge in [0.2, 0.25) is 0 Å². The number of hydrogen-bond acceptors (Lipinski definition) is 3. The van der Waals surface area contributed by atoms with Crippen LogP contribution in [0.5, 0.6) is 0 Å². The van der Waals surface area contributed by atoms with Crippen molar-refractivity contribution in [2.75, 3.05) is 11.9 Å². The first-order valence-electron chi connectivity index (χ1n) is 7.32. The minimum absolute atomic E-state index is 0.192. The Balaban J connectivity index is 2.12. The summed E-state index contributed by atoms with van der Waals surface area (Å²) in [5.74, 6) is -0.557. The fourth-order valence-electron chi connectivity index (χ4n) is 3.53. The lowest BCUT2D eigenvalue weighted by molar-refractivity contribution is -0.126. The molecule has 1 aliphatic heterocycles. The summed E-state index contributed by atoms with van der Waals surface area (Å²) in [5.41, 5.74) is -0.401. The van der Waals surface area contributed by atoms with Gasteiger partial charge in [-0.25, -0.2) is 14.1 Å². The van der Waals surface area contributed by atoms with Crippen LogP contribution in [-0.2, 0) is 4.79 Å². The zero-order chi connectivity index (χ0) is 16.9. The van der Waals surface area contributed by atoms with Crippen LogP contribution in [0.15, 0.2) is 12.1 Å². The van der Waals surface area contributed by atoms with Gasteiger partial charge in [-0.05, 0) is 43.9 Å². The molecular formula is C16H15ClFN3O2. The molecule has 2 fully saturated rings. The van der Waals surface area contributed by atoms with Crippen molar-refractivity contribution >= 4 is 29.2 Å². The number of urea groups is 1. The van der Waals surface area contributed by atoms with Crippen molar-refractivity contribution in [1.29, 1.82) is 5.26 Å². The monoisotopic (exact) mass is 335 g/mol. The Labute approximate surface area is 138 Å². The lowest BCUT2D eigenvalue weighted by Crippen LogP contribution is -2.52. The molecule has 1 heterocycles. The summed E-state index contributed by atoms with van der Waals surface area (Å²) in [5, 5.41) is 9.20. The van der Waals surface area contributed by atoms with E-state index in [1.165, 1.54) is 24.1 Å². The van der Waals surface area contributed by atoms with Gasteiger partial charge in [0, 0.05) is 7.05 Å². The number of alkyl halides is 1. The van der Waals surface area contributed by atoms with Gasteiger partial charge >= 0.3 is 6.03 Å². The molecule has 0 unspecified atom stereocenters. The van der Waals surface area contributed by atoms with Crippen LogP contribution in [-0.4, -0.2) is 35.6 Å². The first-order chi connectivity index (χ1) is 10.9. The van der Waals surface area contributed by atoms with Crippen LogP contribution in [0.1, 0.15) is 30.4 Å². The molecule has 2 atom stereocenters. The first kappa shape index (κ1) is 15.8. The molecule has 7 heteroatoms. The van der Waals surface area contributed by atoms with E-state index in [1.807, 2.05) is 6.07 Å². The van der Waals surface area contributed by atoms with Gasteiger partial charge in [-0.2, -0.15) is 5.26 Å². The second-order valence-electron chi connectivity index (χ2n) is 5.95. The number of nitrogens with zero attached hydrogens (tertiary/aromatic N) is 3. The number of nitriles is 1. The number of hydrogen-bond donors (Lipinski definition) is 0. The van der Waals surface area contributed by atoms with E-state index >= 15 is 0 Å². The number of carbonyl (C=O) groups excluding carboxylic acids is 2. The van der Waals surface area contributed by atoms with Crippen molar-refractivity contribution in [3.05, 3.63) is 28.3 Å². The number of carbonyl (C=O) groups is 2. The van der Waals surface area contributed by atoms with Gasteiger partial charge in [0.1, 0.15) is 12.2 Å². The molecule has 23 heavy (non-hydrogen) atoms. The molecule has 3 rings (SSSR count). The summed E-state index contributed by atoms with van der Waals surface area (Å²) in [6.45, 7) is 1.63. The van der Waals surface area contributed by atoms with E-state index in [4.69, 9.17) is 16.9 Å². The summed E-state index contributed by atoms with van der Waals surface area (Å²) in [7, 11) is 1.46. The molecule has 0 bridgehead atoms. The average molecular weight is 336 g/mol. The van der Waals surface area contributed by atoms with Crippen LogP contribution >= 0.6 is 11.6 Å². The Morgan fingerprint density at radius 2 is 2.13 bits per heavy atom. The van der Waals surface area contributed by atoms with Crippen molar-refractivity contribution in [2.45, 2.75) is 37.9 Å². The molecule has 1 aromatic rings. The smallest absolute Gasteiger partial charge is 0.309 e. The topological polar surface area (TPSA) is 64.4 Å². The molecule has 0 radical (unpaired) electrons. The predicted octanol–water partition coefficient (Wildman–Crippen LogP) is 3.18. The van der Waals surface area contributed by atoms with Crippen molar-refractivity contribution in [2.24, 2.45) is 0 Å². The summed E-state index contributed by atoms with van der Waals surface area (Å²) < 4.78 is 14.4. The third-order valence-electron chi connectivity index (χ3n) is 4.90. The molecule has 0 aromatic heterocycles. The number of anilines is 1. The quantitative estimate of drug-likeness (QED) is 0.740. The highest BCUT2D eigenvalue weighted by atomic mass is 35.5. The van der Waals surface area contributed by atoms with E-state index in [1.54, 1.807) is 6.92 Å². The normalized spacial score (nSPS) is 27.2. The molecular weight excluding hydrogens is 321 g/mol. The Kier molecular flexibility index (Phi) is 3.56. The van der Waals surface area contributed by atoms with Crippen LogP contribution in [0.3, 0.4) is 0 Å². The maximum Gasteiger partial charge on any atom is 0.332 e. The number of amides is 3. The van der Waals surface area contributed by atoms with Gasteiger partial charge in [0.25, 0.3) is 5.91 Å². The summed E-state index contributed by atoms with van der Waals surface area (Å²) in [4.78, 5) is 27.7. The van der Waals surface area contributed by atoms with Gasteiger partial charge in [-0.1, -0.05) is 11.6 Å². The summed E-state index contributed by atoms with van der Waals surface area (Å²) >= 11 is 6.13. The van der Waals surface area contributed by atoms with Crippen molar-refractivity contribution in [3.63, 3.8) is 0 Å². The SMILES string of the molecule is Cc1c(N2C(=O)N(C)[C@]3(CCC[C@H]3F)C2=O)ccc(C#N)c1Cl. The fourth-order valence-corrected chi connectivity index (χ4v) is 3.73. The molecule has 120 valence electrons. The Morgan fingerprint density at radius 1 is 1.43 bits per heavy atom. The highest BCUT2D eigenvalue weighted by Crippen LogP contribution is 2.45. The van der Waals surface area contributed by atoms with Crippen molar-refractivity contribution < 1.29 is 14.0 Å². The van der Waals surface area contributed by atoms with Gasteiger partial charge in [-0.3, -0.25) is 4.79 Å². The molecule has 0 N–H and O–H groups in total. The predicted molar refractivity (Wildman–Crippen MR) is 83.0 cm³/mol. The number of benzene rings is 1. The second kappa shape index (κ2) is 5.20. The van der Waals surface area contributed by atoms with E-state index in [0.29, 0.717) is 24.1 Å². The largest absolute Gasteiger partial charge is 0.332 e. The Hall–Kier alpha value is -2.13. The summed E-state index contributed by atoms with van der Waals surface area (Å²) in [6.07, 6.45) is -0.229. The van der Waals surface area contributed by atoms with Gasteiger partial charge in [0.05, 0.1) is 16.3 Å². The zero-order valence-corrected chi connectivity index (χ0v) is 13.5. The molecule has 3 amide bonds. The molecule has 5 nitrogen and oxygen atoms in total. The lowest BCUT2D eigenvalue weighted by atomic mass is 9.94. The minimum Gasteiger partial charge on any atom is -0.309 e. The van der Waals surface area contributed by atoms with Crippen molar-refractivity contribution in [3.8, 4) is 6.07 Å². The molecule has 2 aliphatic rings. The number of imide groups is 1. The van der Waals surface area contributed by atoms with E-state index in [0.717, 1.165) is 4.90 Å². The van der Waals surface area contributed by atoms with Crippen LogP contribution in [0.2, 0.25) is 5.02 Å². The molecule has 1 saturated carbocycles. The van der Waals surface area contributed by atoms with E-state index in [-0.39, 0.29) is 17.0 Å². The molecule has 1 saturated heterocycles. The van der Waals surface area contributed by atoms with Crippen molar-refractivity contribution in [1.82, 2.24) is 4.90 Å². The molecule has 1 spiro atoms. The van der Waals surface area contributed by atoms with Gasteiger partial charge in [-0.15, -0.1) is 0 Å². The molecule has 1 aliphatic carbocycles. The third-order valence-corrected chi connectivity index (χ3v) is 5.39. The number of rotatable bonds is 1. The number of halogens is 2. The standard InChI is InChI=1S/C16H15ClFN3O2/c1-9-11(6-5-10(8-19)13(9)17)21-14(22)16(20(2)15(21)23)7-3-4-12(16)18/h5-6,12H,3-4,7H2,1-2H3/t12-,16+/m1/s1. The van der Waals surface area contributed by atoms with Crippen LogP contribution < -0.4 is 4.90 Å². The van der Waals surface area contributed by atoms with E-state index in [2.05, 4.69) is 0 Å². The van der Waals surface area contributed by atoms with E-state index < -0.39 is 23.6 Å². The van der Waals surface area contributed by atoms with Crippen LogP contribution in [0.25, 0.3) is 0 Å². The maximum absolute atomic E-state index is 14.4. The lowest BCUT2D eigenvalue weighted by Gasteiger charge is -2.29. The zero-order valence-electron chi connectivity index (χ0n) is 12.8. The first-order valence-corrected chi connectivity index (χ1v) is 7.69. The average Bonchev–Trinajstić information content (AvgIpc) is 3.00. The maximum atomic E-state index is 14.4. The fraction of sp³-hybridized carbons (Fsp3) is 0.438. The minimum atomic E-state index is -1.41. The van der Waals surface area contributed by atoms with Gasteiger partial charge < -0.3 is 4.90 Å². The third kappa shape index (κ3) is 1.89. The van der Waals surface area contributed by atoms with E-state index in [9.17, 15) is 14.0 Å². The van der Waals surface area contributed by atoms with Crippen LogP contribution in [0.4, 0.5) is 14.9 Å². The summed E-state index contributed by atoms with van der Waals surface area (Å²) in [6, 6.07) is 4.34. The Morgan fingerprint density at radius 3 is 2.70 bits per heavy atom. The number of likely N-dealkylation sites (N-methyl/N-ethyl adjacent to an activating group) is 1. The van der Waals surface area contributed by atoms with Crippen LogP contribution in [0, 0.1) is 18.3 Å². The second-order valence-corrected chi connectivity index (χ2v) is 6.33. The highest BCUT2D eigenvalue weighted by molar-refractivity contribution is 6.33.